The molecule has 1 aliphatic carbocycles. The summed E-state index contributed by atoms with van der Waals surface area (Å²) in [6.45, 7) is -0.0441. The molecule has 0 radical (unpaired) electrons. The van der Waals surface area contributed by atoms with Crippen molar-refractivity contribution in [3.8, 4) is 0 Å². The monoisotopic (exact) mass is 293 g/mol. The van der Waals surface area contributed by atoms with Crippen LogP contribution in [0.5, 0.6) is 0 Å². The van der Waals surface area contributed by atoms with E-state index in [1.807, 2.05) is 0 Å². The number of carbonyl (C=O) groups is 1. The third-order valence-electron chi connectivity index (χ3n) is 3.31. The Labute approximate surface area is 112 Å². The van der Waals surface area contributed by atoms with E-state index in [9.17, 15) is 18.0 Å². The van der Waals surface area contributed by atoms with Gasteiger partial charge in [-0.05, 0) is 12.8 Å². The van der Waals surface area contributed by atoms with Crippen LogP contribution in [0.2, 0.25) is 0 Å². The summed E-state index contributed by atoms with van der Waals surface area (Å²) in [7, 11) is 0. The van der Waals surface area contributed by atoms with Crippen LogP contribution in [0.3, 0.4) is 0 Å². The second-order valence-corrected chi connectivity index (χ2v) is 5.55. The molecule has 2 atom stereocenters. The normalized spacial score (nSPS) is 24.2. The van der Waals surface area contributed by atoms with Gasteiger partial charge in [0, 0.05) is 11.6 Å². The Bertz CT molecular complexity index is 419. The summed E-state index contributed by atoms with van der Waals surface area (Å²) in [5.41, 5.74) is 0. The van der Waals surface area contributed by atoms with Gasteiger partial charge in [-0.1, -0.05) is 12.8 Å². The molecule has 1 aromatic rings. The number of halogens is 3. The maximum absolute atomic E-state index is 12.8. The molecule has 0 aliphatic heterocycles. The molecule has 0 aromatic carbocycles. The fourth-order valence-electron chi connectivity index (χ4n) is 2.37. The second kappa shape index (κ2) is 5.90. The Morgan fingerprint density at radius 2 is 2.16 bits per heavy atom. The molecule has 0 bridgehead atoms. The molecule has 106 valence electrons. The molecule has 2 unspecified atom stereocenters. The summed E-state index contributed by atoms with van der Waals surface area (Å²) in [4.78, 5) is 15.7. The first kappa shape index (κ1) is 14.3. The van der Waals surface area contributed by atoms with E-state index in [1.165, 1.54) is 11.3 Å². The molecule has 0 N–H and O–H groups in total. The van der Waals surface area contributed by atoms with Crippen LogP contribution in [0.25, 0.3) is 0 Å². The molecule has 3 nitrogen and oxygen atoms in total. The van der Waals surface area contributed by atoms with Crippen LogP contribution in [-0.2, 0) is 16.1 Å². The summed E-state index contributed by atoms with van der Waals surface area (Å²) < 4.78 is 43.5. The number of aromatic nitrogens is 1. The molecule has 0 amide bonds. The minimum atomic E-state index is -4.33. The van der Waals surface area contributed by atoms with E-state index in [2.05, 4.69) is 4.98 Å². The van der Waals surface area contributed by atoms with Crippen molar-refractivity contribution in [2.24, 2.45) is 11.8 Å². The van der Waals surface area contributed by atoms with Gasteiger partial charge >= 0.3 is 12.1 Å². The third-order valence-corrected chi connectivity index (χ3v) is 4.06. The van der Waals surface area contributed by atoms with Gasteiger partial charge in [-0.15, -0.1) is 11.3 Å². The first-order valence-corrected chi connectivity index (χ1v) is 6.98. The summed E-state index contributed by atoms with van der Waals surface area (Å²) in [6, 6.07) is 0. The third kappa shape index (κ3) is 3.68. The fraction of sp³-hybridized carbons (Fsp3) is 0.667. The lowest BCUT2D eigenvalue weighted by molar-refractivity contribution is -0.205. The molecule has 7 heteroatoms. The summed E-state index contributed by atoms with van der Waals surface area (Å²) in [5, 5.41) is 2.31. The number of thiazole rings is 1. The standard InChI is InChI=1S/C12H14F3NO2S/c13-12(14,15)9-4-2-1-3-8(9)11(17)18-7-10-16-5-6-19-10/h5-6,8-9H,1-4,7H2. The molecule has 1 saturated carbocycles. The molecule has 1 heterocycles. The largest absolute Gasteiger partial charge is 0.458 e. The Hall–Kier alpha value is -1.11. The van der Waals surface area contributed by atoms with Gasteiger partial charge in [-0.25, -0.2) is 4.98 Å². The molecule has 1 aromatic heterocycles. The number of ether oxygens (including phenoxy) is 1. The van der Waals surface area contributed by atoms with Gasteiger partial charge in [0.05, 0.1) is 11.8 Å². The molecule has 0 saturated heterocycles. The highest BCUT2D eigenvalue weighted by Crippen LogP contribution is 2.42. The van der Waals surface area contributed by atoms with Crippen molar-refractivity contribution in [2.75, 3.05) is 0 Å². The average Bonchev–Trinajstić information content (AvgIpc) is 2.88. The summed E-state index contributed by atoms with van der Waals surface area (Å²) in [6.07, 6.45) is -1.34. The quantitative estimate of drug-likeness (QED) is 0.800. The number of esters is 1. The molecular weight excluding hydrogens is 279 g/mol. The van der Waals surface area contributed by atoms with Crippen molar-refractivity contribution < 1.29 is 22.7 Å². The second-order valence-electron chi connectivity index (χ2n) is 4.57. The van der Waals surface area contributed by atoms with E-state index in [4.69, 9.17) is 4.74 Å². The van der Waals surface area contributed by atoms with Crippen molar-refractivity contribution in [3.05, 3.63) is 16.6 Å². The lowest BCUT2D eigenvalue weighted by atomic mass is 9.79. The molecule has 2 rings (SSSR count). The highest BCUT2D eigenvalue weighted by Gasteiger charge is 2.48. The molecule has 1 aliphatic rings. The minimum Gasteiger partial charge on any atom is -0.458 e. The first-order valence-electron chi connectivity index (χ1n) is 6.10. The van der Waals surface area contributed by atoms with E-state index in [0.717, 1.165) is 0 Å². The van der Waals surface area contributed by atoms with E-state index in [1.54, 1.807) is 11.6 Å². The highest BCUT2D eigenvalue weighted by molar-refractivity contribution is 7.09. The van der Waals surface area contributed by atoms with E-state index < -0.39 is 24.0 Å². The lowest BCUT2D eigenvalue weighted by Gasteiger charge is -2.31. The Morgan fingerprint density at radius 3 is 2.79 bits per heavy atom. The van der Waals surface area contributed by atoms with Gasteiger partial charge in [-0.2, -0.15) is 13.2 Å². The molecule has 0 spiro atoms. The van der Waals surface area contributed by atoms with Gasteiger partial charge in [-0.3, -0.25) is 4.79 Å². The number of carbonyl (C=O) groups excluding carboxylic acids is 1. The fourth-order valence-corrected chi connectivity index (χ4v) is 2.90. The number of hydrogen-bond donors (Lipinski definition) is 0. The summed E-state index contributed by atoms with van der Waals surface area (Å²) >= 11 is 1.31. The molecular formula is C12H14F3NO2S. The average molecular weight is 293 g/mol. The van der Waals surface area contributed by atoms with Gasteiger partial charge in [0.25, 0.3) is 0 Å². The van der Waals surface area contributed by atoms with Crippen molar-refractivity contribution in [1.82, 2.24) is 4.98 Å². The zero-order valence-corrected chi connectivity index (χ0v) is 11.0. The van der Waals surface area contributed by atoms with Gasteiger partial charge in [0.2, 0.25) is 0 Å². The van der Waals surface area contributed by atoms with Crippen LogP contribution >= 0.6 is 11.3 Å². The SMILES string of the molecule is O=C(OCc1nccs1)C1CCCCC1C(F)(F)F. The topological polar surface area (TPSA) is 39.2 Å². The summed E-state index contributed by atoms with van der Waals surface area (Å²) in [5.74, 6) is -3.38. The van der Waals surface area contributed by atoms with Crippen molar-refractivity contribution in [1.29, 1.82) is 0 Å². The zero-order chi connectivity index (χ0) is 13.9. The minimum absolute atomic E-state index is 0.0144. The Balaban J connectivity index is 1.95. The maximum Gasteiger partial charge on any atom is 0.392 e. The van der Waals surface area contributed by atoms with E-state index >= 15 is 0 Å². The van der Waals surface area contributed by atoms with Crippen LogP contribution in [0.15, 0.2) is 11.6 Å². The van der Waals surface area contributed by atoms with E-state index in [0.29, 0.717) is 17.8 Å². The predicted molar refractivity (Wildman–Crippen MR) is 63.4 cm³/mol. The van der Waals surface area contributed by atoms with Gasteiger partial charge < -0.3 is 4.74 Å². The van der Waals surface area contributed by atoms with Crippen molar-refractivity contribution in [3.63, 3.8) is 0 Å². The molecule has 1 fully saturated rings. The van der Waals surface area contributed by atoms with Crippen LogP contribution in [0.4, 0.5) is 13.2 Å². The van der Waals surface area contributed by atoms with Crippen molar-refractivity contribution in [2.45, 2.75) is 38.5 Å². The van der Waals surface area contributed by atoms with Crippen LogP contribution in [-0.4, -0.2) is 17.1 Å². The Morgan fingerprint density at radius 1 is 1.42 bits per heavy atom. The lowest BCUT2D eigenvalue weighted by Crippen LogP contribution is -2.38. The number of nitrogens with zero attached hydrogens (tertiary/aromatic N) is 1. The highest BCUT2D eigenvalue weighted by atomic mass is 32.1. The van der Waals surface area contributed by atoms with E-state index in [-0.39, 0.29) is 19.4 Å². The number of rotatable bonds is 3. The number of alkyl halides is 3. The Kier molecular flexibility index (Phi) is 4.44. The molecule has 19 heavy (non-hydrogen) atoms. The number of hydrogen-bond acceptors (Lipinski definition) is 4. The van der Waals surface area contributed by atoms with Crippen molar-refractivity contribution >= 4 is 17.3 Å². The predicted octanol–water partition coefficient (Wildman–Crippen LogP) is 3.56. The zero-order valence-electron chi connectivity index (χ0n) is 10.2. The van der Waals surface area contributed by atoms with Gasteiger partial charge in [0.1, 0.15) is 11.6 Å². The van der Waals surface area contributed by atoms with Gasteiger partial charge in [0.15, 0.2) is 0 Å². The van der Waals surface area contributed by atoms with Crippen LogP contribution in [0.1, 0.15) is 30.7 Å². The van der Waals surface area contributed by atoms with Crippen LogP contribution in [0, 0.1) is 11.8 Å². The smallest absolute Gasteiger partial charge is 0.392 e. The van der Waals surface area contributed by atoms with Crippen LogP contribution < -0.4 is 0 Å². The maximum atomic E-state index is 12.8. The first-order chi connectivity index (χ1) is 8.98.